The zero-order valence-electron chi connectivity index (χ0n) is 8.56. The van der Waals surface area contributed by atoms with Gasteiger partial charge >= 0.3 is 0 Å². The van der Waals surface area contributed by atoms with Gasteiger partial charge in [-0.25, -0.2) is 8.78 Å². The molecule has 0 saturated carbocycles. The lowest BCUT2D eigenvalue weighted by molar-refractivity contribution is -0.00188. The van der Waals surface area contributed by atoms with Gasteiger partial charge in [0.05, 0.1) is 0 Å². The van der Waals surface area contributed by atoms with Gasteiger partial charge in [-0.15, -0.1) is 0 Å². The number of alkyl halides is 2. The molecule has 0 aliphatic rings. The predicted molar refractivity (Wildman–Crippen MR) is 57.2 cm³/mol. The van der Waals surface area contributed by atoms with Crippen LogP contribution in [0.2, 0.25) is 0 Å². The minimum atomic E-state index is -2.61. The molecule has 1 N–H and O–H groups in total. The van der Waals surface area contributed by atoms with Crippen LogP contribution >= 0.6 is 0 Å². The molecular formula is C12H13F2N. The SMILES string of the molecule is CCC(F)(F)Cc1c[nH]c2ccccc12. The molecule has 0 aliphatic heterocycles. The van der Waals surface area contributed by atoms with Crippen LogP contribution in [0.1, 0.15) is 18.9 Å². The summed E-state index contributed by atoms with van der Waals surface area (Å²) in [6, 6.07) is 7.51. The quantitative estimate of drug-likeness (QED) is 0.792. The highest BCUT2D eigenvalue weighted by Crippen LogP contribution is 2.27. The molecule has 0 radical (unpaired) electrons. The second-order valence-electron chi connectivity index (χ2n) is 3.75. The number of hydrogen-bond acceptors (Lipinski definition) is 0. The lowest BCUT2D eigenvalue weighted by atomic mass is 10.0. The fourth-order valence-electron chi connectivity index (χ4n) is 1.68. The molecule has 80 valence electrons. The van der Waals surface area contributed by atoms with Gasteiger partial charge in [-0.3, -0.25) is 0 Å². The molecule has 2 rings (SSSR count). The lowest BCUT2D eigenvalue weighted by Crippen LogP contribution is -2.17. The molecule has 3 heteroatoms. The number of H-pyrrole nitrogens is 1. The number of para-hydroxylation sites is 1. The molecule has 15 heavy (non-hydrogen) atoms. The van der Waals surface area contributed by atoms with Crippen molar-refractivity contribution in [2.45, 2.75) is 25.7 Å². The summed E-state index contributed by atoms with van der Waals surface area (Å²) in [4.78, 5) is 3.00. The number of aromatic nitrogens is 1. The van der Waals surface area contributed by atoms with Crippen LogP contribution in [0, 0.1) is 0 Å². The molecule has 0 bridgehead atoms. The standard InChI is InChI=1S/C12H13F2N/c1-2-12(13,14)7-9-8-15-11-6-4-3-5-10(9)11/h3-6,8,15H,2,7H2,1H3. The third-order valence-electron chi connectivity index (χ3n) is 2.64. The van der Waals surface area contributed by atoms with Gasteiger partial charge < -0.3 is 4.98 Å². The zero-order chi connectivity index (χ0) is 10.9. The average Bonchev–Trinajstić information content (AvgIpc) is 2.62. The largest absolute Gasteiger partial charge is 0.361 e. The van der Waals surface area contributed by atoms with Crippen LogP contribution in [0.4, 0.5) is 8.78 Å². The number of hydrogen-bond donors (Lipinski definition) is 1. The first-order valence-corrected chi connectivity index (χ1v) is 5.05. The average molecular weight is 209 g/mol. The Bertz CT molecular complexity index is 459. The van der Waals surface area contributed by atoms with Crippen molar-refractivity contribution in [3.05, 3.63) is 36.0 Å². The first kappa shape index (κ1) is 10.1. The normalized spacial score (nSPS) is 12.2. The first-order chi connectivity index (χ1) is 7.12. The summed E-state index contributed by atoms with van der Waals surface area (Å²) in [7, 11) is 0. The molecular weight excluding hydrogens is 196 g/mol. The summed E-state index contributed by atoms with van der Waals surface area (Å²) in [5.41, 5.74) is 1.61. The van der Waals surface area contributed by atoms with Crippen LogP contribution < -0.4 is 0 Å². The maximum atomic E-state index is 13.2. The van der Waals surface area contributed by atoms with Crippen LogP contribution in [-0.2, 0) is 6.42 Å². The van der Waals surface area contributed by atoms with Gasteiger partial charge in [0, 0.05) is 29.9 Å². The molecule has 0 saturated heterocycles. The van der Waals surface area contributed by atoms with Gasteiger partial charge in [0.2, 0.25) is 0 Å². The van der Waals surface area contributed by atoms with Crippen molar-refractivity contribution in [3.63, 3.8) is 0 Å². The van der Waals surface area contributed by atoms with E-state index in [4.69, 9.17) is 0 Å². The Hall–Kier alpha value is -1.38. The Morgan fingerprint density at radius 2 is 2.00 bits per heavy atom. The van der Waals surface area contributed by atoms with Crippen LogP contribution in [0.3, 0.4) is 0 Å². The van der Waals surface area contributed by atoms with Crippen molar-refractivity contribution >= 4 is 10.9 Å². The fourth-order valence-corrected chi connectivity index (χ4v) is 1.68. The minimum Gasteiger partial charge on any atom is -0.361 e. The molecule has 1 aromatic carbocycles. The topological polar surface area (TPSA) is 15.8 Å². The summed E-state index contributed by atoms with van der Waals surface area (Å²) < 4.78 is 26.5. The van der Waals surface area contributed by atoms with Crippen LogP contribution in [-0.4, -0.2) is 10.9 Å². The van der Waals surface area contributed by atoms with E-state index < -0.39 is 5.92 Å². The third kappa shape index (κ3) is 2.01. The Kier molecular flexibility index (Phi) is 2.47. The van der Waals surface area contributed by atoms with Gasteiger partial charge in [-0.1, -0.05) is 25.1 Å². The van der Waals surface area contributed by atoms with Crippen molar-refractivity contribution in [1.82, 2.24) is 4.98 Å². The van der Waals surface area contributed by atoms with Gasteiger partial charge in [-0.05, 0) is 11.6 Å². The summed E-state index contributed by atoms with van der Waals surface area (Å²) in [6.07, 6.45) is 1.37. The molecule has 0 spiro atoms. The highest BCUT2D eigenvalue weighted by molar-refractivity contribution is 5.83. The Morgan fingerprint density at radius 3 is 2.73 bits per heavy atom. The summed E-state index contributed by atoms with van der Waals surface area (Å²) in [6.45, 7) is 1.51. The number of aromatic amines is 1. The van der Waals surface area contributed by atoms with Crippen LogP contribution in [0.25, 0.3) is 10.9 Å². The number of nitrogens with one attached hydrogen (secondary N) is 1. The number of benzene rings is 1. The first-order valence-electron chi connectivity index (χ1n) is 5.05. The van der Waals surface area contributed by atoms with Crippen LogP contribution in [0.5, 0.6) is 0 Å². The fraction of sp³-hybridized carbons (Fsp3) is 0.333. The molecule has 0 amide bonds. The molecule has 1 aromatic heterocycles. The number of halogens is 2. The van der Waals surface area contributed by atoms with Crippen molar-refractivity contribution in [2.75, 3.05) is 0 Å². The van der Waals surface area contributed by atoms with Gasteiger partial charge in [0.1, 0.15) is 0 Å². The van der Waals surface area contributed by atoms with E-state index >= 15 is 0 Å². The molecule has 0 fully saturated rings. The maximum Gasteiger partial charge on any atom is 0.251 e. The van der Waals surface area contributed by atoms with E-state index in [2.05, 4.69) is 4.98 Å². The molecule has 0 atom stereocenters. The van der Waals surface area contributed by atoms with E-state index in [9.17, 15) is 8.78 Å². The lowest BCUT2D eigenvalue weighted by Gasteiger charge is -2.12. The van der Waals surface area contributed by atoms with Gasteiger partial charge in [0.15, 0.2) is 0 Å². The van der Waals surface area contributed by atoms with E-state index in [1.807, 2.05) is 24.3 Å². The molecule has 2 aromatic rings. The van der Waals surface area contributed by atoms with E-state index in [0.717, 1.165) is 10.9 Å². The van der Waals surface area contributed by atoms with Gasteiger partial charge in [-0.2, -0.15) is 0 Å². The van der Waals surface area contributed by atoms with Gasteiger partial charge in [0.25, 0.3) is 5.92 Å². The zero-order valence-corrected chi connectivity index (χ0v) is 8.56. The van der Waals surface area contributed by atoms with E-state index in [0.29, 0.717) is 5.56 Å². The van der Waals surface area contributed by atoms with Crippen molar-refractivity contribution in [2.24, 2.45) is 0 Å². The molecule has 0 unspecified atom stereocenters. The van der Waals surface area contributed by atoms with E-state index in [1.54, 1.807) is 6.20 Å². The Balaban J connectivity index is 2.37. The summed E-state index contributed by atoms with van der Waals surface area (Å²) in [5, 5.41) is 0.894. The monoisotopic (exact) mass is 209 g/mol. The van der Waals surface area contributed by atoms with Crippen LogP contribution in [0.15, 0.2) is 30.5 Å². The third-order valence-corrected chi connectivity index (χ3v) is 2.64. The highest BCUT2D eigenvalue weighted by Gasteiger charge is 2.27. The number of fused-ring (bicyclic) bond motifs is 1. The maximum absolute atomic E-state index is 13.2. The molecule has 1 heterocycles. The van der Waals surface area contributed by atoms with Crippen molar-refractivity contribution in [1.29, 1.82) is 0 Å². The predicted octanol–water partition coefficient (Wildman–Crippen LogP) is 3.76. The van der Waals surface area contributed by atoms with Crippen molar-refractivity contribution in [3.8, 4) is 0 Å². The second kappa shape index (κ2) is 3.65. The second-order valence-corrected chi connectivity index (χ2v) is 3.75. The smallest absolute Gasteiger partial charge is 0.251 e. The minimum absolute atomic E-state index is 0.119. The van der Waals surface area contributed by atoms with E-state index in [-0.39, 0.29) is 12.8 Å². The highest BCUT2D eigenvalue weighted by atomic mass is 19.3. The molecule has 1 nitrogen and oxygen atoms in total. The van der Waals surface area contributed by atoms with E-state index in [1.165, 1.54) is 6.92 Å². The summed E-state index contributed by atoms with van der Waals surface area (Å²) in [5.74, 6) is -2.61. The Morgan fingerprint density at radius 1 is 1.27 bits per heavy atom. The Labute approximate surface area is 87.1 Å². The molecule has 0 aliphatic carbocycles. The van der Waals surface area contributed by atoms with Crippen molar-refractivity contribution < 1.29 is 8.78 Å². The summed E-state index contributed by atoms with van der Waals surface area (Å²) >= 11 is 0. The number of rotatable bonds is 3.